The highest BCUT2D eigenvalue weighted by Gasteiger charge is 2.21. The number of nitrogens with zero attached hydrogens (tertiary/aromatic N) is 2. The predicted octanol–water partition coefficient (Wildman–Crippen LogP) is 2.93. The molecule has 1 heterocycles. The van der Waals surface area contributed by atoms with Gasteiger partial charge in [0.05, 0.1) is 12.7 Å². The number of benzene rings is 2. The first-order valence-electron chi connectivity index (χ1n) is 9.59. The summed E-state index contributed by atoms with van der Waals surface area (Å²) in [4.78, 5) is 28.6. The molecule has 6 heteroatoms. The van der Waals surface area contributed by atoms with Gasteiger partial charge in [-0.1, -0.05) is 24.3 Å². The first kappa shape index (κ1) is 19.7. The van der Waals surface area contributed by atoms with Crippen LogP contribution in [0.15, 0.2) is 48.5 Å². The quantitative estimate of drug-likeness (QED) is 0.780. The van der Waals surface area contributed by atoms with Crippen molar-refractivity contribution in [2.45, 2.75) is 13.3 Å². The van der Waals surface area contributed by atoms with Gasteiger partial charge < -0.3 is 19.9 Å². The van der Waals surface area contributed by atoms with Crippen LogP contribution in [0.5, 0.6) is 0 Å². The lowest BCUT2D eigenvalue weighted by Gasteiger charge is -2.36. The van der Waals surface area contributed by atoms with E-state index in [0.29, 0.717) is 24.2 Å². The van der Waals surface area contributed by atoms with Crippen LogP contribution >= 0.6 is 0 Å². The van der Waals surface area contributed by atoms with Gasteiger partial charge in [-0.15, -0.1) is 0 Å². The molecule has 1 amide bonds. The summed E-state index contributed by atoms with van der Waals surface area (Å²) in [6.07, 6.45) is 0.389. The predicted molar refractivity (Wildman–Crippen MR) is 111 cm³/mol. The molecule has 0 unspecified atom stereocenters. The summed E-state index contributed by atoms with van der Waals surface area (Å²) in [5, 5.41) is 3.18. The van der Waals surface area contributed by atoms with Crippen LogP contribution in [0.4, 0.5) is 11.4 Å². The number of methoxy groups -OCH3 is 1. The van der Waals surface area contributed by atoms with E-state index in [1.54, 1.807) is 12.1 Å². The van der Waals surface area contributed by atoms with Crippen LogP contribution in [0.2, 0.25) is 0 Å². The number of rotatable bonds is 6. The molecule has 148 valence electrons. The molecule has 0 atom stereocenters. The Kier molecular flexibility index (Phi) is 6.53. The monoisotopic (exact) mass is 381 g/mol. The van der Waals surface area contributed by atoms with Crippen LogP contribution in [0.1, 0.15) is 22.3 Å². The topological polar surface area (TPSA) is 61.9 Å². The fraction of sp³-hybridized carbons (Fsp3) is 0.364. The maximum atomic E-state index is 12.5. The average molecular weight is 381 g/mol. The molecule has 2 aromatic rings. The van der Waals surface area contributed by atoms with E-state index >= 15 is 0 Å². The van der Waals surface area contributed by atoms with E-state index in [1.807, 2.05) is 17.0 Å². The SMILES string of the molecule is COC(=O)c1ccccc1NCCC(=O)N1CCN(c2cccc(C)c2)CC1. The molecule has 28 heavy (non-hydrogen) atoms. The summed E-state index contributed by atoms with van der Waals surface area (Å²) in [6.45, 7) is 5.71. The molecule has 1 saturated heterocycles. The maximum Gasteiger partial charge on any atom is 0.339 e. The summed E-state index contributed by atoms with van der Waals surface area (Å²) in [7, 11) is 1.36. The van der Waals surface area contributed by atoms with Crippen LogP contribution in [0.3, 0.4) is 0 Å². The Labute approximate surface area is 166 Å². The third-order valence-electron chi connectivity index (χ3n) is 4.99. The highest BCUT2D eigenvalue weighted by atomic mass is 16.5. The third-order valence-corrected chi connectivity index (χ3v) is 4.99. The second-order valence-corrected chi connectivity index (χ2v) is 6.92. The fourth-order valence-electron chi connectivity index (χ4n) is 3.43. The van der Waals surface area contributed by atoms with Crippen molar-refractivity contribution in [3.8, 4) is 0 Å². The molecule has 3 rings (SSSR count). The molecule has 1 aliphatic rings. The molecule has 0 aromatic heterocycles. The van der Waals surface area contributed by atoms with E-state index < -0.39 is 0 Å². The van der Waals surface area contributed by atoms with Gasteiger partial charge in [-0.05, 0) is 36.8 Å². The maximum absolute atomic E-state index is 12.5. The normalized spacial score (nSPS) is 13.9. The van der Waals surface area contributed by atoms with Gasteiger partial charge in [0.15, 0.2) is 0 Å². The highest BCUT2D eigenvalue weighted by Crippen LogP contribution is 2.19. The highest BCUT2D eigenvalue weighted by molar-refractivity contribution is 5.95. The number of anilines is 2. The third kappa shape index (κ3) is 4.82. The summed E-state index contributed by atoms with van der Waals surface area (Å²) in [5.41, 5.74) is 3.62. The average Bonchev–Trinajstić information content (AvgIpc) is 2.73. The molecule has 0 spiro atoms. The van der Waals surface area contributed by atoms with Crippen molar-refractivity contribution in [3.63, 3.8) is 0 Å². The Morgan fingerprint density at radius 2 is 1.79 bits per heavy atom. The van der Waals surface area contributed by atoms with Crippen molar-refractivity contribution in [1.29, 1.82) is 0 Å². The van der Waals surface area contributed by atoms with E-state index in [2.05, 4.69) is 41.4 Å². The number of nitrogens with one attached hydrogen (secondary N) is 1. The number of piperazine rings is 1. The number of carbonyl (C=O) groups is 2. The van der Waals surface area contributed by atoms with E-state index in [4.69, 9.17) is 4.74 Å². The lowest BCUT2D eigenvalue weighted by Crippen LogP contribution is -2.49. The summed E-state index contributed by atoms with van der Waals surface area (Å²) in [6, 6.07) is 15.6. The zero-order chi connectivity index (χ0) is 19.9. The van der Waals surface area contributed by atoms with E-state index in [9.17, 15) is 9.59 Å². The Morgan fingerprint density at radius 1 is 1.04 bits per heavy atom. The molecule has 1 fully saturated rings. The van der Waals surface area contributed by atoms with Crippen LogP contribution in [-0.2, 0) is 9.53 Å². The first-order valence-corrected chi connectivity index (χ1v) is 9.59. The number of hydrogen-bond donors (Lipinski definition) is 1. The van der Waals surface area contributed by atoms with Gasteiger partial charge in [0, 0.05) is 50.5 Å². The molecule has 1 aliphatic heterocycles. The van der Waals surface area contributed by atoms with Gasteiger partial charge >= 0.3 is 5.97 Å². The Morgan fingerprint density at radius 3 is 2.50 bits per heavy atom. The van der Waals surface area contributed by atoms with Gasteiger partial charge in [-0.2, -0.15) is 0 Å². The van der Waals surface area contributed by atoms with Gasteiger partial charge in [-0.3, -0.25) is 4.79 Å². The standard InChI is InChI=1S/C22H27N3O3/c1-17-6-5-7-18(16-17)24-12-14-25(15-13-24)21(26)10-11-23-20-9-4-3-8-19(20)22(27)28-2/h3-9,16,23H,10-15H2,1-2H3. The van der Waals surface area contributed by atoms with E-state index in [-0.39, 0.29) is 11.9 Å². The summed E-state index contributed by atoms with van der Waals surface area (Å²) >= 11 is 0. The molecular weight excluding hydrogens is 354 g/mol. The number of ether oxygens (including phenoxy) is 1. The Hall–Kier alpha value is -3.02. The number of hydrogen-bond acceptors (Lipinski definition) is 5. The summed E-state index contributed by atoms with van der Waals surface area (Å²) < 4.78 is 4.79. The summed E-state index contributed by atoms with van der Waals surface area (Å²) in [5.74, 6) is -0.256. The minimum atomic E-state index is -0.387. The lowest BCUT2D eigenvalue weighted by molar-refractivity contribution is -0.131. The molecule has 0 aliphatic carbocycles. The van der Waals surface area contributed by atoms with Crippen molar-refractivity contribution >= 4 is 23.3 Å². The number of carbonyl (C=O) groups excluding carboxylic acids is 2. The second-order valence-electron chi connectivity index (χ2n) is 6.92. The zero-order valence-corrected chi connectivity index (χ0v) is 16.5. The van der Waals surface area contributed by atoms with Gasteiger partial charge in [-0.25, -0.2) is 4.79 Å². The largest absolute Gasteiger partial charge is 0.465 e. The first-order chi connectivity index (χ1) is 13.6. The molecule has 0 radical (unpaired) electrons. The van der Waals surface area contributed by atoms with Crippen LogP contribution in [-0.4, -0.2) is 56.6 Å². The van der Waals surface area contributed by atoms with Crippen molar-refractivity contribution in [2.75, 3.05) is 50.1 Å². The van der Waals surface area contributed by atoms with Crippen LogP contribution < -0.4 is 10.2 Å². The van der Waals surface area contributed by atoms with Gasteiger partial charge in [0.1, 0.15) is 0 Å². The Balaban J connectivity index is 1.47. The molecular formula is C22H27N3O3. The van der Waals surface area contributed by atoms with Gasteiger partial charge in [0.2, 0.25) is 5.91 Å². The van der Waals surface area contributed by atoms with E-state index in [0.717, 1.165) is 26.2 Å². The number of para-hydroxylation sites is 1. The van der Waals surface area contributed by atoms with Crippen molar-refractivity contribution < 1.29 is 14.3 Å². The Bertz CT molecular complexity index is 829. The molecule has 0 bridgehead atoms. The van der Waals surface area contributed by atoms with Crippen molar-refractivity contribution in [3.05, 3.63) is 59.7 Å². The second kappa shape index (κ2) is 9.26. The van der Waals surface area contributed by atoms with Crippen LogP contribution in [0, 0.1) is 6.92 Å². The van der Waals surface area contributed by atoms with Crippen LogP contribution in [0.25, 0.3) is 0 Å². The minimum Gasteiger partial charge on any atom is -0.465 e. The smallest absolute Gasteiger partial charge is 0.339 e. The molecule has 6 nitrogen and oxygen atoms in total. The minimum absolute atomic E-state index is 0.131. The van der Waals surface area contributed by atoms with Crippen molar-refractivity contribution in [1.82, 2.24) is 4.90 Å². The lowest BCUT2D eigenvalue weighted by atomic mass is 10.1. The fourth-order valence-corrected chi connectivity index (χ4v) is 3.43. The van der Waals surface area contributed by atoms with E-state index in [1.165, 1.54) is 18.4 Å². The number of aryl methyl sites for hydroxylation is 1. The van der Waals surface area contributed by atoms with Gasteiger partial charge in [0.25, 0.3) is 0 Å². The number of esters is 1. The molecule has 2 aromatic carbocycles. The number of amides is 1. The van der Waals surface area contributed by atoms with Crippen molar-refractivity contribution in [2.24, 2.45) is 0 Å². The molecule has 1 N–H and O–H groups in total. The molecule has 0 saturated carbocycles. The zero-order valence-electron chi connectivity index (χ0n) is 16.5.